The molecule has 4 rings (SSSR count). The summed E-state index contributed by atoms with van der Waals surface area (Å²) < 4.78 is 6.60. The van der Waals surface area contributed by atoms with Crippen LogP contribution in [0.4, 0.5) is 0 Å². The van der Waals surface area contributed by atoms with E-state index in [0.717, 1.165) is 26.1 Å². The van der Waals surface area contributed by atoms with E-state index in [9.17, 15) is 14.7 Å². The molecule has 0 radical (unpaired) electrons. The normalized spacial score (nSPS) is 9.39. The van der Waals surface area contributed by atoms with Crippen molar-refractivity contribution in [2.75, 3.05) is 0 Å². The summed E-state index contributed by atoms with van der Waals surface area (Å²) in [4.78, 5) is 21.9. The molecule has 6 nitrogen and oxygen atoms in total. The number of carbonyl (C=O) groups excluding carboxylic acids is 1. The van der Waals surface area contributed by atoms with Crippen LogP contribution in [0.15, 0.2) is 109 Å². The maximum atomic E-state index is 11.7. The first-order valence-corrected chi connectivity index (χ1v) is 12.6. The summed E-state index contributed by atoms with van der Waals surface area (Å²) in [6, 6.07) is 31.4. The predicted molar refractivity (Wildman–Crippen MR) is 121 cm³/mol. The van der Waals surface area contributed by atoms with Crippen LogP contribution < -0.4 is 7.81 Å². The fourth-order valence-electron chi connectivity index (χ4n) is 2.43. The van der Waals surface area contributed by atoms with Gasteiger partial charge in [-0.1, -0.05) is 42.5 Å². The molecule has 0 aliphatic rings. The van der Waals surface area contributed by atoms with E-state index in [2.05, 4.69) is 30.3 Å². The van der Waals surface area contributed by atoms with E-state index < -0.39 is 11.9 Å². The standard InChI is InChI=1S/C13H10O3.C7H6O3.C6H5.Hg/c14-12-9-5-4-8-11(12)13(15)16-10-6-2-1-3-7-10;8-6-4-2-1-3-5(6)7(9)10;1-2-4-6-5-3-1;/h1-9,14H;1-4,8H,(H,9,10);1-5H;. The number of carboxylic acid groups (broad SMARTS) is 1. The average molecular weight is 630 g/mol. The van der Waals surface area contributed by atoms with E-state index in [1.807, 2.05) is 6.07 Å². The number of aromatic carboxylic acids is 1. The summed E-state index contributed by atoms with van der Waals surface area (Å²) in [5.41, 5.74) is 0.0915. The molecule has 4 aromatic rings. The van der Waals surface area contributed by atoms with E-state index in [1.165, 1.54) is 27.3 Å². The van der Waals surface area contributed by atoms with Gasteiger partial charge < -0.3 is 20.1 Å². The van der Waals surface area contributed by atoms with Gasteiger partial charge in [-0.05, 0) is 36.4 Å². The van der Waals surface area contributed by atoms with Crippen molar-refractivity contribution in [2.45, 2.75) is 0 Å². The Morgan fingerprint density at radius 1 is 0.606 bits per heavy atom. The number of carboxylic acids is 1. The fourth-order valence-corrected chi connectivity index (χ4v) is 3.49. The zero-order chi connectivity index (χ0) is 24.1. The molecular weight excluding hydrogens is 609 g/mol. The molecule has 0 unspecified atom stereocenters. The number of benzene rings is 4. The Kier molecular flexibility index (Phi) is 10.6. The summed E-state index contributed by atoms with van der Waals surface area (Å²) in [6.07, 6.45) is 0. The molecule has 4 aromatic carbocycles. The second-order valence-corrected chi connectivity index (χ2v) is 9.70. The van der Waals surface area contributed by atoms with Crippen LogP contribution in [0.1, 0.15) is 20.7 Å². The molecule has 0 aliphatic carbocycles. The van der Waals surface area contributed by atoms with Crippen molar-refractivity contribution in [3.8, 4) is 17.2 Å². The van der Waals surface area contributed by atoms with Gasteiger partial charge in [0.05, 0.1) is 0 Å². The summed E-state index contributed by atoms with van der Waals surface area (Å²) in [5, 5.41) is 26.8. The number of ether oxygens (including phenoxy) is 1. The van der Waals surface area contributed by atoms with Gasteiger partial charge in [0.15, 0.2) is 0 Å². The van der Waals surface area contributed by atoms with Crippen LogP contribution in [0.2, 0.25) is 0 Å². The number of aromatic hydroxyl groups is 2. The van der Waals surface area contributed by atoms with E-state index in [0.29, 0.717) is 5.75 Å². The van der Waals surface area contributed by atoms with E-state index in [4.69, 9.17) is 14.9 Å². The SMILES string of the molecule is O=C(O)c1ccccc1O.O=C(Oc1ccccc1)c1ccccc1O.[Hg][c]1ccccc1. The van der Waals surface area contributed by atoms with E-state index in [-0.39, 0.29) is 22.6 Å². The Balaban J connectivity index is 0.000000193. The molecule has 0 heterocycles. The van der Waals surface area contributed by atoms with Gasteiger partial charge in [0.2, 0.25) is 0 Å². The van der Waals surface area contributed by atoms with Gasteiger partial charge in [0.25, 0.3) is 0 Å². The first-order chi connectivity index (χ1) is 15.9. The third kappa shape index (κ3) is 9.17. The van der Waals surface area contributed by atoms with Gasteiger partial charge in [0.1, 0.15) is 28.4 Å². The number of hydrogen-bond donors (Lipinski definition) is 3. The zero-order valence-corrected chi connectivity index (χ0v) is 23.2. The molecule has 0 saturated heterocycles. The monoisotopic (exact) mass is 631 g/mol. The van der Waals surface area contributed by atoms with E-state index >= 15 is 0 Å². The number of hydrogen-bond acceptors (Lipinski definition) is 5. The molecule has 0 fully saturated rings. The van der Waals surface area contributed by atoms with Gasteiger partial charge >= 0.3 is 71.5 Å². The summed E-state index contributed by atoms with van der Waals surface area (Å²) in [6.45, 7) is 0. The van der Waals surface area contributed by atoms with Gasteiger partial charge in [-0.15, -0.1) is 0 Å². The Morgan fingerprint density at radius 3 is 1.42 bits per heavy atom. The molecule has 0 amide bonds. The van der Waals surface area contributed by atoms with Crippen LogP contribution in [-0.4, -0.2) is 27.3 Å². The molecule has 163 valence electrons. The van der Waals surface area contributed by atoms with Gasteiger partial charge in [-0.3, -0.25) is 0 Å². The fraction of sp³-hybridized carbons (Fsp3) is 0. The molecule has 0 aliphatic heterocycles. The third-order valence-electron chi connectivity index (χ3n) is 4.06. The quantitative estimate of drug-likeness (QED) is 0.174. The Labute approximate surface area is 207 Å². The van der Waals surface area contributed by atoms with Crippen LogP contribution in [0, 0.1) is 0 Å². The van der Waals surface area contributed by atoms with Crippen molar-refractivity contribution in [1.29, 1.82) is 0 Å². The third-order valence-corrected chi connectivity index (χ3v) is 5.89. The molecule has 7 heteroatoms. The molecule has 0 atom stereocenters. The van der Waals surface area contributed by atoms with Crippen LogP contribution in [0.25, 0.3) is 0 Å². The second kappa shape index (κ2) is 13.7. The van der Waals surface area contributed by atoms with E-state index in [1.54, 1.807) is 48.5 Å². The zero-order valence-electron chi connectivity index (χ0n) is 17.7. The maximum absolute atomic E-state index is 11.7. The van der Waals surface area contributed by atoms with Crippen molar-refractivity contribution in [3.05, 3.63) is 120 Å². The summed E-state index contributed by atoms with van der Waals surface area (Å²) in [5.74, 6) is -1.50. The number of rotatable bonds is 3. The molecule has 0 bridgehead atoms. The van der Waals surface area contributed by atoms with Crippen molar-refractivity contribution < 1.29 is 55.8 Å². The number of phenolic OH excluding ortho intramolecular Hbond substituents is 1. The molecular formula is C26H21HgO6. The molecule has 0 spiro atoms. The molecule has 0 saturated carbocycles. The first-order valence-electron chi connectivity index (χ1n) is 9.82. The van der Waals surface area contributed by atoms with Crippen molar-refractivity contribution in [2.24, 2.45) is 0 Å². The van der Waals surface area contributed by atoms with Crippen molar-refractivity contribution in [3.63, 3.8) is 0 Å². The Hall–Kier alpha value is -3.64. The van der Waals surface area contributed by atoms with Gasteiger partial charge in [-0.2, -0.15) is 0 Å². The summed E-state index contributed by atoms with van der Waals surface area (Å²) >= 11 is 0.810. The first kappa shape index (κ1) is 25.6. The topological polar surface area (TPSA) is 104 Å². The molecule has 3 N–H and O–H groups in total. The van der Waals surface area contributed by atoms with Gasteiger partial charge in [-0.25, -0.2) is 9.59 Å². The summed E-state index contributed by atoms with van der Waals surface area (Å²) in [7, 11) is 0. The minimum absolute atomic E-state index is 0.0671. The number of esters is 1. The predicted octanol–water partition coefficient (Wildman–Crippen LogP) is 4.56. The van der Waals surface area contributed by atoms with Gasteiger partial charge in [0, 0.05) is 0 Å². The van der Waals surface area contributed by atoms with Crippen molar-refractivity contribution in [1.82, 2.24) is 0 Å². The van der Waals surface area contributed by atoms with Crippen LogP contribution in [0.5, 0.6) is 17.2 Å². The van der Waals surface area contributed by atoms with Crippen LogP contribution in [0.3, 0.4) is 0 Å². The van der Waals surface area contributed by atoms with Crippen LogP contribution >= 0.6 is 0 Å². The molecule has 0 aromatic heterocycles. The Morgan fingerprint density at radius 2 is 1.03 bits per heavy atom. The second-order valence-electron chi connectivity index (χ2n) is 6.53. The molecule has 33 heavy (non-hydrogen) atoms. The van der Waals surface area contributed by atoms with Crippen molar-refractivity contribution >= 4 is 15.0 Å². The number of para-hydroxylation sites is 3. The average Bonchev–Trinajstić information content (AvgIpc) is 2.81. The minimum atomic E-state index is -1.11. The van der Waals surface area contributed by atoms with Crippen LogP contribution in [-0.2, 0) is 26.1 Å². The Bertz CT molecular complexity index is 1160. The number of carbonyl (C=O) groups is 2. The number of phenols is 2.